The summed E-state index contributed by atoms with van der Waals surface area (Å²) in [6, 6.07) is 0.246. The summed E-state index contributed by atoms with van der Waals surface area (Å²) in [6.45, 7) is 7.41. The Labute approximate surface area is 103 Å². The van der Waals surface area contributed by atoms with E-state index in [0.717, 1.165) is 30.8 Å². The van der Waals surface area contributed by atoms with Crippen molar-refractivity contribution in [3.8, 4) is 5.88 Å². The number of nitrogens with zero attached hydrogens (tertiary/aromatic N) is 2. The van der Waals surface area contributed by atoms with E-state index in [1.807, 2.05) is 13.8 Å². The summed E-state index contributed by atoms with van der Waals surface area (Å²) in [7, 11) is 0. The fraction of sp³-hybridized carbons (Fsp3) is 0.667. The Balaban J connectivity index is 2.56. The van der Waals surface area contributed by atoms with E-state index < -0.39 is 0 Å². The smallest absolute Gasteiger partial charge is 0.221 e. The molecule has 96 valence electrons. The molecule has 1 rings (SSSR count). The van der Waals surface area contributed by atoms with Gasteiger partial charge in [-0.05, 0) is 26.7 Å². The van der Waals surface area contributed by atoms with Crippen LogP contribution in [0, 0.1) is 6.92 Å². The minimum absolute atomic E-state index is 0.246. The van der Waals surface area contributed by atoms with E-state index in [0.29, 0.717) is 12.5 Å². The van der Waals surface area contributed by atoms with Gasteiger partial charge in [0.1, 0.15) is 12.1 Å². The van der Waals surface area contributed by atoms with Gasteiger partial charge in [0.15, 0.2) is 0 Å². The molecule has 0 aliphatic heterocycles. The average Bonchev–Trinajstić information content (AvgIpc) is 2.33. The Morgan fingerprint density at radius 3 is 2.82 bits per heavy atom. The van der Waals surface area contributed by atoms with Crippen molar-refractivity contribution >= 4 is 5.82 Å². The summed E-state index contributed by atoms with van der Waals surface area (Å²) in [5, 5.41) is 3.27. The van der Waals surface area contributed by atoms with Gasteiger partial charge in [-0.1, -0.05) is 6.92 Å². The van der Waals surface area contributed by atoms with Crippen molar-refractivity contribution in [2.75, 3.05) is 18.5 Å². The Morgan fingerprint density at radius 1 is 1.41 bits per heavy atom. The molecule has 0 saturated carbocycles. The van der Waals surface area contributed by atoms with Crippen molar-refractivity contribution < 1.29 is 4.74 Å². The third-order valence-corrected chi connectivity index (χ3v) is 2.65. The lowest BCUT2D eigenvalue weighted by Gasteiger charge is -2.13. The van der Waals surface area contributed by atoms with Crippen molar-refractivity contribution in [2.24, 2.45) is 5.73 Å². The topological polar surface area (TPSA) is 73.1 Å². The molecule has 1 heterocycles. The molecule has 0 aliphatic carbocycles. The van der Waals surface area contributed by atoms with Gasteiger partial charge in [0.05, 0.1) is 12.2 Å². The van der Waals surface area contributed by atoms with Crippen molar-refractivity contribution in [3.05, 3.63) is 11.9 Å². The number of nitrogens with two attached hydrogens (primary N) is 1. The molecule has 1 atom stereocenters. The summed E-state index contributed by atoms with van der Waals surface area (Å²) < 4.78 is 5.41. The fourth-order valence-corrected chi connectivity index (χ4v) is 1.47. The Morgan fingerprint density at radius 2 is 2.18 bits per heavy atom. The summed E-state index contributed by atoms with van der Waals surface area (Å²) in [4.78, 5) is 8.29. The van der Waals surface area contributed by atoms with Gasteiger partial charge in [0, 0.05) is 12.6 Å². The number of rotatable bonds is 7. The highest BCUT2D eigenvalue weighted by atomic mass is 16.5. The first kappa shape index (κ1) is 13.7. The second-order valence-electron chi connectivity index (χ2n) is 3.97. The van der Waals surface area contributed by atoms with Crippen LogP contribution >= 0.6 is 0 Å². The van der Waals surface area contributed by atoms with E-state index in [-0.39, 0.29) is 6.04 Å². The zero-order chi connectivity index (χ0) is 12.7. The molecule has 0 bridgehead atoms. The maximum absolute atomic E-state index is 5.86. The summed E-state index contributed by atoms with van der Waals surface area (Å²) in [5.74, 6) is 1.47. The molecule has 0 spiro atoms. The third kappa shape index (κ3) is 4.19. The van der Waals surface area contributed by atoms with Crippen LogP contribution < -0.4 is 15.8 Å². The van der Waals surface area contributed by atoms with E-state index in [2.05, 4.69) is 22.2 Å². The predicted octanol–water partition coefficient (Wildman–Crippen LogP) is 1.72. The summed E-state index contributed by atoms with van der Waals surface area (Å²) in [6.07, 6.45) is 3.44. The van der Waals surface area contributed by atoms with E-state index >= 15 is 0 Å². The van der Waals surface area contributed by atoms with Crippen LogP contribution in [0.2, 0.25) is 0 Å². The molecule has 0 aliphatic rings. The van der Waals surface area contributed by atoms with Crippen LogP contribution in [0.3, 0.4) is 0 Å². The number of anilines is 1. The third-order valence-electron chi connectivity index (χ3n) is 2.65. The van der Waals surface area contributed by atoms with Crippen LogP contribution in [0.25, 0.3) is 0 Å². The predicted molar refractivity (Wildman–Crippen MR) is 69.3 cm³/mol. The van der Waals surface area contributed by atoms with Gasteiger partial charge < -0.3 is 15.8 Å². The second-order valence-corrected chi connectivity index (χ2v) is 3.97. The van der Waals surface area contributed by atoms with E-state index in [1.54, 1.807) is 0 Å². The Hall–Kier alpha value is -1.36. The quantitative estimate of drug-likeness (QED) is 0.756. The molecule has 0 saturated heterocycles. The lowest BCUT2D eigenvalue weighted by atomic mass is 10.2. The highest BCUT2D eigenvalue weighted by molar-refractivity contribution is 5.47. The number of hydrogen-bond acceptors (Lipinski definition) is 5. The van der Waals surface area contributed by atoms with Crippen LogP contribution in [0.4, 0.5) is 5.82 Å². The summed E-state index contributed by atoms with van der Waals surface area (Å²) in [5.41, 5.74) is 6.80. The van der Waals surface area contributed by atoms with Crippen molar-refractivity contribution in [1.29, 1.82) is 0 Å². The lowest BCUT2D eigenvalue weighted by Crippen LogP contribution is -2.22. The molecular formula is C12H22N4O. The number of nitrogens with one attached hydrogen (secondary N) is 1. The van der Waals surface area contributed by atoms with Crippen molar-refractivity contribution in [2.45, 2.75) is 39.7 Å². The summed E-state index contributed by atoms with van der Waals surface area (Å²) >= 11 is 0. The van der Waals surface area contributed by atoms with Crippen LogP contribution in [-0.4, -0.2) is 29.2 Å². The van der Waals surface area contributed by atoms with Gasteiger partial charge in [-0.25, -0.2) is 9.97 Å². The van der Waals surface area contributed by atoms with Crippen molar-refractivity contribution in [1.82, 2.24) is 9.97 Å². The molecule has 17 heavy (non-hydrogen) atoms. The first-order valence-electron chi connectivity index (χ1n) is 6.12. The maximum atomic E-state index is 5.86. The maximum Gasteiger partial charge on any atom is 0.221 e. The zero-order valence-corrected chi connectivity index (χ0v) is 10.9. The van der Waals surface area contributed by atoms with Gasteiger partial charge >= 0.3 is 0 Å². The standard InChI is InChI=1S/C12H22N4O/c1-4-10(13)6-7-14-11-9(3)12(17-5-2)16-8-15-11/h8,10H,4-7,13H2,1-3H3,(H,14,15,16). The largest absolute Gasteiger partial charge is 0.478 e. The number of ether oxygens (including phenoxy) is 1. The van der Waals surface area contributed by atoms with E-state index in [9.17, 15) is 0 Å². The SMILES string of the molecule is CCOc1ncnc(NCCC(N)CC)c1C. The molecule has 3 N–H and O–H groups in total. The Kier molecular flexibility index (Phi) is 5.69. The Bertz CT molecular complexity index is 343. The van der Waals surface area contributed by atoms with E-state index in [1.165, 1.54) is 6.33 Å². The fourth-order valence-electron chi connectivity index (χ4n) is 1.47. The van der Waals surface area contributed by atoms with Crippen LogP contribution in [0.15, 0.2) is 6.33 Å². The highest BCUT2D eigenvalue weighted by Crippen LogP contribution is 2.20. The molecule has 0 fully saturated rings. The lowest BCUT2D eigenvalue weighted by molar-refractivity contribution is 0.324. The van der Waals surface area contributed by atoms with Gasteiger partial charge in [-0.15, -0.1) is 0 Å². The molecule has 0 radical (unpaired) electrons. The van der Waals surface area contributed by atoms with E-state index in [4.69, 9.17) is 10.5 Å². The molecule has 1 aromatic rings. The number of aromatic nitrogens is 2. The highest BCUT2D eigenvalue weighted by Gasteiger charge is 2.07. The molecule has 1 aromatic heterocycles. The molecule has 0 amide bonds. The molecular weight excluding hydrogens is 216 g/mol. The average molecular weight is 238 g/mol. The molecule has 0 aromatic carbocycles. The minimum Gasteiger partial charge on any atom is -0.478 e. The molecule has 1 unspecified atom stereocenters. The van der Waals surface area contributed by atoms with Crippen molar-refractivity contribution in [3.63, 3.8) is 0 Å². The van der Waals surface area contributed by atoms with Gasteiger partial charge in [-0.2, -0.15) is 0 Å². The van der Waals surface area contributed by atoms with Gasteiger partial charge in [-0.3, -0.25) is 0 Å². The first-order valence-corrected chi connectivity index (χ1v) is 6.12. The van der Waals surface area contributed by atoms with Gasteiger partial charge in [0.2, 0.25) is 5.88 Å². The van der Waals surface area contributed by atoms with Gasteiger partial charge in [0.25, 0.3) is 0 Å². The number of hydrogen-bond donors (Lipinski definition) is 2. The normalized spacial score (nSPS) is 12.2. The second kappa shape index (κ2) is 7.06. The molecule has 5 nitrogen and oxygen atoms in total. The van der Waals surface area contributed by atoms with Crippen LogP contribution in [0.1, 0.15) is 32.3 Å². The van der Waals surface area contributed by atoms with Crippen LogP contribution in [0.5, 0.6) is 5.88 Å². The first-order chi connectivity index (χ1) is 8.19. The zero-order valence-electron chi connectivity index (χ0n) is 10.9. The minimum atomic E-state index is 0.246. The monoisotopic (exact) mass is 238 g/mol. The van der Waals surface area contributed by atoms with Crippen LogP contribution in [-0.2, 0) is 0 Å². The molecule has 5 heteroatoms.